The molecule has 0 saturated carbocycles. The summed E-state index contributed by atoms with van der Waals surface area (Å²) in [5.74, 6) is -1.36. The molecule has 1 aromatic rings. The van der Waals surface area contributed by atoms with E-state index < -0.39 is 21.7 Å². The SMILES string of the molecule is CNS(=O)(=O)CC(=O)NC1CCCN(c2ccc(F)cc2C)C1. The van der Waals surface area contributed by atoms with Crippen molar-refractivity contribution in [3.05, 3.63) is 29.6 Å². The number of amides is 1. The maximum atomic E-state index is 13.2. The molecule has 1 saturated heterocycles. The molecular weight excluding hydrogens is 321 g/mol. The number of carbonyl (C=O) groups excluding carboxylic acids is 1. The Labute approximate surface area is 136 Å². The summed E-state index contributed by atoms with van der Waals surface area (Å²) < 4.78 is 38.1. The van der Waals surface area contributed by atoms with Crippen molar-refractivity contribution in [2.45, 2.75) is 25.8 Å². The van der Waals surface area contributed by atoms with Gasteiger partial charge in [-0.25, -0.2) is 17.5 Å². The fourth-order valence-corrected chi connectivity index (χ4v) is 3.37. The van der Waals surface area contributed by atoms with Gasteiger partial charge in [0.15, 0.2) is 0 Å². The van der Waals surface area contributed by atoms with Crippen LogP contribution in [0.3, 0.4) is 0 Å². The van der Waals surface area contributed by atoms with Crippen molar-refractivity contribution in [1.82, 2.24) is 10.0 Å². The lowest BCUT2D eigenvalue weighted by molar-refractivity contribution is -0.119. The van der Waals surface area contributed by atoms with Crippen LogP contribution < -0.4 is 14.9 Å². The minimum absolute atomic E-state index is 0.118. The van der Waals surface area contributed by atoms with Gasteiger partial charge < -0.3 is 10.2 Å². The number of hydrogen-bond acceptors (Lipinski definition) is 4. The average molecular weight is 343 g/mol. The van der Waals surface area contributed by atoms with Crippen LogP contribution in [-0.2, 0) is 14.8 Å². The van der Waals surface area contributed by atoms with Gasteiger partial charge in [0.25, 0.3) is 0 Å². The number of carbonyl (C=O) groups is 1. The van der Waals surface area contributed by atoms with Gasteiger partial charge in [0.05, 0.1) is 0 Å². The first kappa shape index (κ1) is 17.7. The van der Waals surface area contributed by atoms with Crippen LogP contribution in [0.5, 0.6) is 0 Å². The lowest BCUT2D eigenvalue weighted by Gasteiger charge is -2.35. The number of nitrogens with one attached hydrogen (secondary N) is 2. The van der Waals surface area contributed by atoms with Crippen LogP contribution in [0.15, 0.2) is 18.2 Å². The van der Waals surface area contributed by atoms with E-state index in [9.17, 15) is 17.6 Å². The second-order valence-electron chi connectivity index (χ2n) is 5.75. The van der Waals surface area contributed by atoms with E-state index >= 15 is 0 Å². The number of aryl methyl sites for hydroxylation is 1. The Hall–Kier alpha value is -1.67. The zero-order chi connectivity index (χ0) is 17.0. The van der Waals surface area contributed by atoms with Crippen LogP contribution in [0.25, 0.3) is 0 Å². The molecule has 1 aromatic carbocycles. The van der Waals surface area contributed by atoms with Gasteiger partial charge in [-0.05, 0) is 50.6 Å². The maximum absolute atomic E-state index is 13.2. The number of benzene rings is 1. The van der Waals surface area contributed by atoms with Crippen molar-refractivity contribution in [2.24, 2.45) is 0 Å². The number of halogens is 1. The molecule has 0 aromatic heterocycles. The van der Waals surface area contributed by atoms with E-state index in [-0.39, 0.29) is 11.9 Å². The monoisotopic (exact) mass is 343 g/mol. The summed E-state index contributed by atoms with van der Waals surface area (Å²) in [7, 11) is -2.28. The Kier molecular flexibility index (Phi) is 5.59. The van der Waals surface area contributed by atoms with Crippen LogP contribution in [-0.4, -0.2) is 46.3 Å². The van der Waals surface area contributed by atoms with E-state index in [2.05, 4.69) is 14.9 Å². The van der Waals surface area contributed by atoms with Crippen molar-refractivity contribution in [3.8, 4) is 0 Å². The molecule has 1 heterocycles. The molecule has 0 radical (unpaired) electrons. The van der Waals surface area contributed by atoms with E-state index in [1.807, 2.05) is 6.92 Å². The van der Waals surface area contributed by atoms with Crippen molar-refractivity contribution >= 4 is 21.6 Å². The van der Waals surface area contributed by atoms with Crippen LogP contribution in [0, 0.1) is 12.7 Å². The van der Waals surface area contributed by atoms with E-state index in [0.717, 1.165) is 30.6 Å². The van der Waals surface area contributed by atoms with Gasteiger partial charge in [-0.15, -0.1) is 0 Å². The highest BCUT2D eigenvalue weighted by Crippen LogP contribution is 2.24. The molecule has 8 heteroatoms. The molecule has 128 valence electrons. The molecule has 0 spiro atoms. The van der Waals surface area contributed by atoms with Gasteiger partial charge in [-0.2, -0.15) is 0 Å². The van der Waals surface area contributed by atoms with Crippen molar-refractivity contribution < 1.29 is 17.6 Å². The number of rotatable bonds is 5. The average Bonchev–Trinajstić information content (AvgIpc) is 2.46. The predicted octanol–water partition coefficient (Wildman–Crippen LogP) is 0.768. The highest BCUT2D eigenvalue weighted by Gasteiger charge is 2.24. The molecule has 1 aliphatic heterocycles. The van der Waals surface area contributed by atoms with Gasteiger partial charge in [-0.3, -0.25) is 4.79 Å². The van der Waals surface area contributed by atoms with Crippen LogP contribution in [0.4, 0.5) is 10.1 Å². The summed E-state index contributed by atoms with van der Waals surface area (Å²) in [5.41, 5.74) is 1.78. The van der Waals surface area contributed by atoms with Crippen molar-refractivity contribution in [3.63, 3.8) is 0 Å². The molecule has 1 unspecified atom stereocenters. The third-order valence-corrected chi connectivity index (χ3v) is 5.18. The van der Waals surface area contributed by atoms with Crippen molar-refractivity contribution in [1.29, 1.82) is 0 Å². The molecule has 0 aliphatic carbocycles. The topological polar surface area (TPSA) is 78.5 Å². The van der Waals surface area contributed by atoms with Crippen LogP contribution in [0.2, 0.25) is 0 Å². The normalized spacial score (nSPS) is 18.7. The van der Waals surface area contributed by atoms with Crippen molar-refractivity contribution in [2.75, 3.05) is 30.8 Å². The second kappa shape index (κ2) is 7.27. The lowest BCUT2D eigenvalue weighted by atomic mass is 10.0. The quantitative estimate of drug-likeness (QED) is 0.828. The maximum Gasteiger partial charge on any atom is 0.236 e. The fourth-order valence-electron chi connectivity index (χ4n) is 2.80. The summed E-state index contributed by atoms with van der Waals surface area (Å²) >= 11 is 0. The minimum Gasteiger partial charge on any atom is -0.369 e. The molecule has 2 rings (SSSR count). The third-order valence-electron chi connectivity index (χ3n) is 3.92. The number of piperidine rings is 1. The highest BCUT2D eigenvalue weighted by atomic mass is 32.2. The Bertz CT molecular complexity index is 679. The fraction of sp³-hybridized carbons (Fsp3) is 0.533. The van der Waals surface area contributed by atoms with E-state index in [1.54, 1.807) is 6.07 Å². The second-order valence-corrected chi connectivity index (χ2v) is 7.67. The minimum atomic E-state index is -3.56. The number of anilines is 1. The zero-order valence-electron chi connectivity index (χ0n) is 13.3. The summed E-state index contributed by atoms with van der Waals surface area (Å²) in [6.07, 6.45) is 1.67. The van der Waals surface area contributed by atoms with Gasteiger partial charge in [0, 0.05) is 24.8 Å². The van der Waals surface area contributed by atoms with Gasteiger partial charge in [0.2, 0.25) is 15.9 Å². The van der Waals surface area contributed by atoms with E-state index in [4.69, 9.17) is 0 Å². The highest BCUT2D eigenvalue weighted by molar-refractivity contribution is 7.90. The molecule has 2 N–H and O–H groups in total. The molecule has 1 atom stereocenters. The Balaban J connectivity index is 1.99. The smallest absolute Gasteiger partial charge is 0.236 e. The van der Waals surface area contributed by atoms with Crippen LogP contribution in [0.1, 0.15) is 18.4 Å². The zero-order valence-corrected chi connectivity index (χ0v) is 14.1. The van der Waals surface area contributed by atoms with Gasteiger partial charge >= 0.3 is 0 Å². The molecule has 6 nitrogen and oxygen atoms in total. The molecule has 1 fully saturated rings. The Morgan fingerprint density at radius 1 is 1.43 bits per heavy atom. The van der Waals surface area contributed by atoms with Crippen LogP contribution >= 0.6 is 0 Å². The molecule has 1 aliphatic rings. The predicted molar refractivity (Wildman–Crippen MR) is 87.4 cm³/mol. The van der Waals surface area contributed by atoms with Gasteiger partial charge in [0.1, 0.15) is 11.6 Å². The molecule has 1 amide bonds. The summed E-state index contributed by atoms with van der Waals surface area (Å²) in [5, 5.41) is 2.77. The Morgan fingerprint density at radius 3 is 2.83 bits per heavy atom. The summed E-state index contributed by atoms with van der Waals surface area (Å²) in [6, 6.07) is 4.52. The summed E-state index contributed by atoms with van der Waals surface area (Å²) in [4.78, 5) is 13.9. The first-order chi connectivity index (χ1) is 10.8. The number of nitrogens with zero attached hydrogens (tertiary/aromatic N) is 1. The summed E-state index contributed by atoms with van der Waals surface area (Å²) in [6.45, 7) is 3.26. The van der Waals surface area contributed by atoms with Gasteiger partial charge in [-0.1, -0.05) is 0 Å². The lowest BCUT2D eigenvalue weighted by Crippen LogP contribution is -2.49. The Morgan fingerprint density at radius 2 is 2.17 bits per heavy atom. The first-order valence-electron chi connectivity index (χ1n) is 7.52. The van der Waals surface area contributed by atoms with E-state index in [1.165, 1.54) is 19.2 Å². The molecule has 0 bridgehead atoms. The first-order valence-corrected chi connectivity index (χ1v) is 9.17. The molecular formula is C15H22FN3O3S. The standard InChI is InChI=1S/C15H22FN3O3S/c1-11-8-12(16)5-6-14(11)19-7-3-4-13(9-19)18-15(20)10-23(21,22)17-2/h5-6,8,13,17H,3-4,7,9-10H2,1-2H3,(H,18,20). The third kappa shape index (κ3) is 4.90. The number of hydrogen-bond donors (Lipinski definition) is 2. The molecule has 23 heavy (non-hydrogen) atoms. The number of sulfonamides is 1. The largest absolute Gasteiger partial charge is 0.369 e. The van der Waals surface area contributed by atoms with E-state index in [0.29, 0.717) is 6.54 Å².